The molecule has 2 aromatic heterocycles. The van der Waals surface area contributed by atoms with Gasteiger partial charge in [0, 0.05) is 32.7 Å². The second kappa shape index (κ2) is 20.6. The molecule has 0 bridgehead atoms. The SMILES string of the molecule is C[Si](C)(C)c1cc2ccccc2c2c1op(Oc1ccc3c(c1-c1c(Op4oc5c([Si](C)(C)C)cc6ccccc6c5c5c(o4)c([Si](C)(C)C)cc4ccccc45)ccc4c1CCCC4)CCCC3)oc1c([Si](C)(C)C)cc3ccccc3c12. The predicted octanol–water partition coefficient (Wildman–Crippen LogP) is 20.8. The molecule has 2 aliphatic rings. The molecule has 12 aromatic rings. The zero-order chi connectivity index (χ0) is 58.2. The third-order valence-corrected chi connectivity index (χ3v) is 28.0. The van der Waals surface area contributed by atoms with Gasteiger partial charge in [-0.3, -0.25) is 0 Å². The minimum Gasteiger partial charge on any atom is -0.390 e. The Morgan fingerprint density at radius 3 is 0.857 bits per heavy atom. The van der Waals surface area contributed by atoms with Gasteiger partial charge in [0.1, 0.15) is 33.8 Å². The maximum atomic E-state index is 7.74. The molecule has 12 heteroatoms. The molecular weight excluding hydrogens is 1140 g/mol. The molecule has 0 radical (unpaired) electrons. The summed E-state index contributed by atoms with van der Waals surface area (Å²) in [5, 5.41) is 18.9. The lowest BCUT2D eigenvalue weighted by molar-refractivity contribution is 0.493. The van der Waals surface area contributed by atoms with Crippen LogP contribution in [0, 0.1) is 0 Å². The highest BCUT2D eigenvalue weighted by atomic mass is 31.1. The van der Waals surface area contributed by atoms with Crippen LogP contribution in [-0.4, -0.2) is 32.3 Å². The average Bonchev–Trinajstić information content (AvgIpc) is 1.66. The van der Waals surface area contributed by atoms with Gasteiger partial charge in [-0.05, 0) is 150 Å². The molecule has 0 saturated carbocycles. The van der Waals surface area contributed by atoms with E-state index < -0.39 is 48.8 Å². The van der Waals surface area contributed by atoms with Crippen LogP contribution in [-0.2, 0) is 25.7 Å². The van der Waals surface area contributed by atoms with Gasteiger partial charge in [-0.1, -0.05) is 212 Å². The molecule has 0 saturated heterocycles. The number of rotatable bonds is 9. The molecule has 0 aliphatic heterocycles. The van der Waals surface area contributed by atoms with Crippen LogP contribution in [0.3, 0.4) is 0 Å². The summed E-state index contributed by atoms with van der Waals surface area (Å²) in [6.45, 7) is 29.1. The van der Waals surface area contributed by atoms with Gasteiger partial charge in [0.2, 0.25) is 0 Å². The fourth-order valence-electron chi connectivity index (χ4n) is 13.8. The topological polar surface area (TPSA) is 71.0 Å². The Balaban J connectivity index is 1.08. The average molecular weight is 1210 g/mol. The Morgan fingerprint density at radius 2 is 0.583 bits per heavy atom. The maximum absolute atomic E-state index is 7.74. The van der Waals surface area contributed by atoms with Gasteiger partial charge in [0.05, 0.1) is 32.3 Å². The summed E-state index contributed by atoms with van der Waals surface area (Å²) in [6, 6.07) is 54.1. The Labute approximate surface area is 499 Å². The monoisotopic (exact) mass is 1210 g/mol. The van der Waals surface area contributed by atoms with Crippen molar-refractivity contribution in [1.29, 1.82) is 0 Å². The summed E-state index contributed by atoms with van der Waals surface area (Å²) in [5.41, 5.74) is 11.1. The van der Waals surface area contributed by atoms with E-state index in [1.54, 1.807) is 0 Å². The van der Waals surface area contributed by atoms with E-state index in [1.165, 1.54) is 64.5 Å². The van der Waals surface area contributed by atoms with Crippen molar-refractivity contribution in [1.82, 2.24) is 0 Å². The molecule has 0 fully saturated rings. The highest BCUT2D eigenvalue weighted by Gasteiger charge is 2.34. The molecule has 426 valence electrons. The molecule has 2 aliphatic carbocycles. The third-order valence-electron chi connectivity index (χ3n) is 18.0. The lowest BCUT2D eigenvalue weighted by atomic mass is 9.80. The molecule has 10 aromatic carbocycles. The predicted molar refractivity (Wildman–Crippen MR) is 372 cm³/mol. The van der Waals surface area contributed by atoms with E-state index in [9.17, 15) is 0 Å². The van der Waals surface area contributed by atoms with Crippen LogP contribution < -0.4 is 29.8 Å². The first-order valence-corrected chi connectivity index (χ1v) is 46.6. The lowest BCUT2D eigenvalue weighted by Crippen LogP contribution is -2.38. The van der Waals surface area contributed by atoms with E-state index in [0.29, 0.717) is 0 Å². The normalized spacial score (nSPS) is 14.3. The number of fused-ring (bicyclic) bond motifs is 16. The zero-order valence-electron chi connectivity index (χ0n) is 50.9. The third kappa shape index (κ3) is 9.55. The molecule has 2 heterocycles. The van der Waals surface area contributed by atoms with Crippen molar-refractivity contribution in [2.45, 2.75) is 130 Å². The van der Waals surface area contributed by atoms with Gasteiger partial charge in [0.15, 0.2) is 0 Å². The number of benzene rings is 10. The summed E-state index contributed by atoms with van der Waals surface area (Å²) in [6.07, 6.45) is 8.32. The minimum absolute atomic E-state index is 0.757. The molecule has 6 nitrogen and oxygen atoms in total. The Kier molecular flexibility index (Phi) is 13.6. The van der Waals surface area contributed by atoms with Gasteiger partial charge in [0.25, 0.3) is 0 Å². The Morgan fingerprint density at radius 1 is 0.321 bits per heavy atom. The molecular formula is C72H76O6P2Si4. The van der Waals surface area contributed by atoms with Crippen molar-refractivity contribution < 1.29 is 25.8 Å². The molecule has 84 heavy (non-hydrogen) atoms. The largest absolute Gasteiger partial charge is 0.453 e. The number of hydrogen-bond acceptors (Lipinski definition) is 6. The van der Waals surface area contributed by atoms with E-state index in [2.05, 4.69) is 224 Å². The summed E-state index contributed by atoms with van der Waals surface area (Å²) >= 11 is 0. The molecule has 14 rings (SSSR count). The summed E-state index contributed by atoms with van der Waals surface area (Å²) in [4.78, 5) is 0. The first-order valence-electron chi connectivity index (χ1n) is 30.4. The first kappa shape index (κ1) is 55.4. The summed E-state index contributed by atoms with van der Waals surface area (Å²) in [5.74, 6) is 1.51. The number of hydrogen-bond donors (Lipinski definition) is 0. The van der Waals surface area contributed by atoms with Gasteiger partial charge < -0.3 is 25.8 Å². The van der Waals surface area contributed by atoms with Gasteiger partial charge in [-0.15, -0.1) is 0 Å². The van der Waals surface area contributed by atoms with E-state index >= 15 is 0 Å². The second-order valence-electron chi connectivity index (χ2n) is 28.0. The van der Waals surface area contributed by atoms with E-state index in [0.717, 1.165) is 139 Å². The first-order chi connectivity index (χ1) is 40.2. The molecule has 0 amide bonds. The maximum Gasteiger partial charge on any atom is 0.453 e. The molecule has 0 spiro atoms. The standard InChI is InChI=1S/C72H76O6P2Si4/c1-81(2,3)59-41-47-27-15-21-33-53(47)65-66-54-34-22-16-28-48(54)42-60(82(4,5)6)70(66)76-79(75-69(59)65)73-57-39-37-45-25-13-19-31-51(45)63(57)64-52-32-20-14-26-46(52)38-40-58(64)74-80-77-71-61(83(7,8)9)43-49-29-17-23-35-55(49)67(71)68-56-36-24-18-30-50(56)44-62(72(68)78-80)84(10,11)12/h15-18,21-24,27-30,33-44H,13-14,19-20,25-26,31-32H2,1-12H3. The zero-order valence-corrected chi connectivity index (χ0v) is 56.6. The quantitative estimate of drug-likeness (QED) is 0.134. The van der Waals surface area contributed by atoms with Crippen LogP contribution in [0.4, 0.5) is 0 Å². The van der Waals surface area contributed by atoms with Crippen LogP contribution in [0.2, 0.25) is 78.6 Å². The van der Waals surface area contributed by atoms with Crippen LogP contribution in [0.1, 0.15) is 47.9 Å². The van der Waals surface area contributed by atoms with Crippen molar-refractivity contribution in [3.05, 3.63) is 168 Å². The Hall–Kier alpha value is -6.49. The molecule has 0 unspecified atom stereocenters. The van der Waals surface area contributed by atoms with E-state index in [-0.39, 0.29) is 0 Å². The van der Waals surface area contributed by atoms with Crippen LogP contribution >= 0.6 is 16.5 Å². The minimum atomic E-state index is -2.10. The molecule has 0 N–H and O–H groups in total. The number of aryl methyl sites for hydroxylation is 2. The van der Waals surface area contributed by atoms with Gasteiger partial charge >= 0.3 is 16.5 Å². The van der Waals surface area contributed by atoms with Gasteiger partial charge in [-0.2, -0.15) is 0 Å². The van der Waals surface area contributed by atoms with Crippen molar-refractivity contribution in [3.8, 4) is 22.6 Å². The van der Waals surface area contributed by atoms with Gasteiger partial charge in [-0.25, -0.2) is 0 Å². The van der Waals surface area contributed by atoms with E-state index in [4.69, 9.17) is 25.8 Å². The summed E-state index contributed by atoms with van der Waals surface area (Å²) < 4.78 is 46.1. The molecule has 0 atom stereocenters. The van der Waals surface area contributed by atoms with Crippen LogP contribution in [0.15, 0.2) is 162 Å². The highest BCUT2D eigenvalue weighted by Crippen LogP contribution is 2.53. The van der Waals surface area contributed by atoms with Crippen LogP contribution in [0.5, 0.6) is 11.5 Å². The van der Waals surface area contributed by atoms with Crippen LogP contribution in [0.25, 0.3) is 98.1 Å². The summed E-state index contributed by atoms with van der Waals surface area (Å²) in [7, 11) is -12.6. The smallest absolute Gasteiger partial charge is 0.390 e. The lowest BCUT2D eigenvalue weighted by Gasteiger charge is -2.27. The van der Waals surface area contributed by atoms with Crippen molar-refractivity contribution in [2.75, 3.05) is 0 Å². The van der Waals surface area contributed by atoms with Crippen molar-refractivity contribution in [2.24, 2.45) is 0 Å². The fourth-order valence-corrected chi connectivity index (χ4v) is 22.1. The van der Waals surface area contributed by atoms with Crippen molar-refractivity contribution >= 4 is 156 Å². The highest BCUT2D eigenvalue weighted by molar-refractivity contribution is 7.32. The fraction of sp³-hybridized carbons (Fsp3) is 0.278. The Bertz CT molecular complexity index is 4270. The van der Waals surface area contributed by atoms with Crippen molar-refractivity contribution in [3.63, 3.8) is 0 Å². The van der Waals surface area contributed by atoms with E-state index in [1.807, 2.05) is 0 Å². The second-order valence-corrected chi connectivity index (χ2v) is 50.1.